The number of alkyl halides is 6. The summed E-state index contributed by atoms with van der Waals surface area (Å²) in [6.07, 6.45) is 2.56. The summed E-state index contributed by atoms with van der Waals surface area (Å²) in [6, 6.07) is 62.1. The normalized spacial score (nSPS) is 17.5. The van der Waals surface area contributed by atoms with E-state index in [4.69, 9.17) is 53.8 Å². The lowest BCUT2D eigenvalue weighted by Crippen LogP contribution is -2.44. The second kappa shape index (κ2) is 39.5. The van der Waals surface area contributed by atoms with E-state index >= 15 is 0 Å². The van der Waals surface area contributed by atoms with Gasteiger partial charge >= 0.3 is 12.5 Å². The van der Waals surface area contributed by atoms with Gasteiger partial charge in [0.1, 0.15) is 38.5 Å². The van der Waals surface area contributed by atoms with Crippen LogP contribution in [0.4, 0.5) is 26.3 Å². The van der Waals surface area contributed by atoms with E-state index < -0.39 is 18.1 Å². The van der Waals surface area contributed by atoms with Gasteiger partial charge in [-0.25, -0.2) is 0 Å². The summed E-state index contributed by atoms with van der Waals surface area (Å²) in [5, 5.41) is 14.7. The molecule has 0 aliphatic heterocycles. The van der Waals surface area contributed by atoms with Crippen LogP contribution in [0.3, 0.4) is 0 Å². The number of amides is 2. The van der Waals surface area contributed by atoms with Crippen molar-refractivity contribution < 1.29 is 59.6 Å². The highest BCUT2D eigenvalue weighted by atomic mass is 35.5. The highest BCUT2D eigenvalue weighted by Crippen LogP contribution is 2.46. The third kappa shape index (κ3) is 20.8. The molecule has 3 N–H and O–H groups in total. The van der Waals surface area contributed by atoms with E-state index in [9.17, 15) is 35.9 Å². The zero-order valence-electron chi connectivity index (χ0n) is 67.2. The van der Waals surface area contributed by atoms with E-state index in [0.717, 1.165) is 181 Å². The second-order valence-electron chi connectivity index (χ2n) is 30.0. The molecule has 0 unspecified atom stereocenters. The van der Waals surface area contributed by atoms with Crippen molar-refractivity contribution in [1.82, 2.24) is 30.7 Å². The molecule has 0 atom stereocenters. The quantitative estimate of drug-likeness (QED) is 0.0501. The SMILES string of the molecule is C=C(c1sc2ccccc2c1Cl)N(Cc1cc(-c2ccc(OC)cc2)ccc1OC)C1CCC(NC)CC1.CNC1CCC(N(Cc2cc(-c3ccc(C(F)(F)F)cc3)ccc2OC)C(=O)c2sc3ccccc3c2Cl)CC1.CNC1CCC(N(Cc2cc(-c3ccc(OC(F)(F)F)cc3)ccc2OC)C(=O)c2sc3ccccc3c2Cl)CC1. The molecule has 15 rings (SSSR count). The van der Waals surface area contributed by atoms with Gasteiger partial charge in [0, 0.05) is 109 Å². The Morgan fingerprint density at radius 1 is 0.395 bits per heavy atom. The Morgan fingerprint density at radius 2 is 0.697 bits per heavy atom. The van der Waals surface area contributed by atoms with Gasteiger partial charge in [-0.15, -0.1) is 47.2 Å². The van der Waals surface area contributed by atoms with Gasteiger partial charge in [0.15, 0.2) is 0 Å². The van der Waals surface area contributed by atoms with Crippen LogP contribution in [0.25, 0.3) is 69.3 Å². The maximum atomic E-state index is 14.2. The molecule has 12 aromatic rings. The van der Waals surface area contributed by atoms with Crippen molar-refractivity contribution in [3.8, 4) is 62.1 Å². The summed E-state index contributed by atoms with van der Waals surface area (Å²) in [6.45, 7) is 5.91. The molecule has 119 heavy (non-hydrogen) atoms. The first-order chi connectivity index (χ1) is 57.4. The molecule has 0 bridgehead atoms. The van der Waals surface area contributed by atoms with Crippen LogP contribution in [0.2, 0.25) is 15.1 Å². The lowest BCUT2D eigenvalue weighted by Gasteiger charge is -2.39. The van der Waals surface area contributed by atoms with Gasteiger partial charge in [0.2, 0.25) is 0 Å². The molecular formula is C94H95Cl3F6N6O7S3. The number of hydrogen-bond donors (Lipinski definition) is 3. The molecule has 3 aliphatic rings. The summed E-state index contributed by atoms with van der Waals surface area (Å²) in [4.78, 5) is 36.7. The van der Waals surface area contributed by atoms with Crippen LogP contribution in [0.15, 0.2) is 207 Å². The van der Waals surface area contributed by atoms with Gasteiger partial charge in [-0.05, 0) is 223 Å². The third-order valence-corrected chi connectivity index (χ3v) is 28.1. The van der Waals surface area contributed by atoms with Crippen LogP contribution < -0.4 is 39.6 Å². The third-order valence-electron chi connectivity index (χ3n) is 23.0. The fraction of sp³-hybridized carbons (Fsp3) is 0.319. The van der Waals surface area contributed by atoms with Gasteiger partial charge in [-0.2, -0.15) is 13.2 Å². The molecule has 3 aromatic heterocycles. The molecule has 3 heterocycles. The molecule has 3 saturated carbocycles. The molecule has 0 saturated heterocycles. The van der Waals surface area contributed by atoms with Crippen LogP contribution in [0.5, 0.6) is 28.7 Å². The first-order valence-electron chi connectivity index (χ1n) is 39.7. The lowest BCUT2D eigenvalue weighted by molar-refractivity contribution is -0.274. The number of carbonyl (C=O) groups excluding carboxylic acids is 2. The number of methoxy groups -OCH3 is 4. The summed E-state index contributed by atoms with van der Waals surface area (Å²) < 4.78 is 107. The molecule has 0 radical (unpaired) electrons. The summed E-state index contributed by atoms with van der Waals surface area (Å²) in [7, 11) is 12.6. The number of thiophene rings is 3. The Hall–Kier alpha value is -9.33. The van der Waals surface area contributed by atoms with Crippen molar-refractivity contribution in [2.24, 2.45) is 0 Å². The molecule has 0 spiro atoms. The predicted octanol–water partition coefficient (Wildman–Crippen LogP) is 25.0. The zero-order chi connectivity index (χ0) is 84.2. The molecule has 13 nitrogen and oxygen atoms in total. The van der Waals surface area contributed by atoms with E-state index in [1.807, 2.05) is 121 Å². The van der Waals surface area contributed by atoms with Crippen LogP contribution >= 0.6 is 68.8 Å². The van der Waals surface area contributed by atoms with Crippen molar-refractivity contribution in [3.63, 3.8) is 0 Å². The maximum absolute atomic E-state index is 14.2. The van der Waals surface area contributed by atoms with E-state index in [1.165, 1.54) is 51.6 Å². The highest BCUT2D eigenvalue weighted by Gasteiger charge is 2.37. The molecular weight excluding hydrogens is 1640 g/mol. The molecule has 9 aromatic carbocycles. The minimum Gasteiger partial charge on any atom is -0.497 e. The van der Waals surface area contributed by atoms with E-state index in [2.05, 4.69) is 87.7 Å². The highest BCUT2D eigenvalue weighted by molar-refractivity contribution is 7.22. The minimum atomic E-state index is -4.76. The minimum absolute atomic E-state index is 0.0119. The van der Waals surface area contributed by atoms with Gasteiger partial charge in [-0.1, -0.05) is 151 Å². The number of rotatable bonds is 24. The Bertz CT molecular complexity index is 5490. The van der Waals surface area contributed by atoms with Crippen molar-refractivity contribution in [1.29, 1.82) is 0 Å². The van der Waals surface area contributed by atoms with E-state index in [-0.39, 0.29) is 36.2 Å². The first-order valence-corrected chi connectivity index (χ1v) is 43.3. The van der Waals surface area contributed by atoms with Gasteiger partial charge in [-0.3, -0.25) is 9.59 Å². The molecule has 2 amide bonds. The Labute approximate surface area is 717 Å². The summed E-state index contributed by atoms with van der Waals surface area (Å²) >= 11 is 25.0. The molecule has 3 fully saturated rings. The number of nitrogens with one attached hydrogen (secondary N) is 3. The standard InChI is InChI=1S/C32H35ClN2O2S.C31H30ClF3N2O3S.C31H30ClF3N2O2S/c1-21(32-31(33)28-7-5-6-8-30(28)38-32)35(26-14-12-25(34-2)13-15-26)20-24-19-23(11-18-29(24)37-4)22-9-16-27(36-3)17-10-22;1-36-22-10-12-23(13-11-22)37(30(38)29-28(32)25-5-3-4-6-27(25)41-29)18-21-17-20(9-16-26(21)39-2)19-7-14-24(15-8-19)40-31(33,34)35;1-36-23-12-14-24(15-13-23)37(30(38)29-28(32)25-5-3-4-6-27(25)40-29)18-21-17-20(9-16-26(21)39-2)19-7-10-22(11-8-19)31(33,34)35/h5-11,16-19,25-26,34H,1,12-15,20H2,2-4H3;3-9,14-17,22-23,36H,10-13,18H2,1-2H3;3-11,16-17,23-24,36H,12-15,18H2,1-2H3. The fourth-order valence-electron chi connectivity index (χ4n) is 16.4. The molecule has 25 heteroatoms. The van der Waals surface area contributed by atoms with Crippen LogP contribution in [-0.2, 0) is 25.8 Å². The van der Waals surface area contributed by atoms with Crippen LogP contribution in [0.1, 0.15) is 124 Å². The van der Waals surface area contributed by atoms with Crippen molar-refractivity contribution in [2.45, 2.75) is 145 Å². The first kappa shape index (κ1) is 87.5. The zero-order valence-corrected chi connectivity index (χ0v) is 71.9. The topological polar surface area (TPSA) is 126 Å². The lowest BCUT2D eigenvalue weighted by atomic mass is 9.89. The number of nitrogens with zero attached hydrogens (tertiary/aromatic N) is 3. The van der Waals surface area contributed by atoms with Crippen molar-refractivity contribution in [3.05, 3.63) is 259 Å². The van der Waals surface area contributed by atoms with Crippen LogP contribution in [0, 0.1) is 0 Å². The Balaban J connectivity index is 0.000000155. The predicted molar refractivity (Wildman–Crippen MR) is 474 cm³/mol. The van der Waals surface area contributed by atoms with E-state index in [1.54, 1.807) is 58.0 Å². The number of fused-ring (bicyclic) bond motifs is 3. The average molecular weight is 1740 g/mol. The fourth-order valence-corrected chi connectivity index (χ4v) is 20.8. The number of benzene rings is 9. The van der Waals surface area contributed by atoms with Crippen LogP contribution in [-0.4, -0.2) is 119 Å². The molecule has 3 aliphatic carbocycles. The number of ether oxygens (including phenoxy) is 5. The van der Waals surface area contributed by atoms with Gasteiger partial charge < -0.3 is 54.3 Å². The largest absolute Gasteiger partial charge is 0.573 e. The Kier molecular flexibility index (Phi) is 29.0. The van der Waals surface area contributed by atoms with Gasteiger partial charge in [0.05, 0.1) is 53.9 Å². The Morgan fingerprint density at radius 3 is 1.02 bits per heavy atom. The monoisotopic (exact) mass is 1730 g/mol. The number of hydrogen-bond acceptors (Lipinski definition) is 14. The summed E-state index contributed by atoms with van der Waals surface area (Å²) in [5.41, 5.74) is 8.18. The number of halogens is 9. The van der Waals surface area contributed by atoms with Crippen molar-refractivity contribution >= 4 is 117 Å². The number of carbonyl (C=O) groups is 2. The van der Waals surface area contributed by atoms with Crippen molar-refractivity contribution in [2.75, 3.05) is 49.6 Å². The second-order valence-corrected chi connectivity index (χ2v) is 34.3. The average Bonchev–Trinajstić information content (AvgIpc) is 1.69. The smallest absolute Gasteiger partial charge is 0.497 e. The molecule has 624 valence electrons. The maximum Gasteiger partial charge on any atom is 0.573 e. The van der Waals surface area contributed by atoms with Gasteiger partial charge in [0.25, 0.3) is 11.8 Å². The summed E-state index contributed by atoms with van der Waals surface area (Å²) in [5.74, 6) is 2.43. The van der Waals surface area contributed by atoms with E-state index in [0.29, 0.717) is 79.7 Å².